The summed E-state index contributed by atoms with van der Waals surface area (Å²) in [6.07, 6.45) is 0. The number of thiocarbonyl (C=S) groups is 1. The molecule has 0 fully saturated rings. The highest BCUT2D eigenvalue weighted by Crippen LogP contribution is 2.21. The molecule has 0 radical (unpaired) electrons. The maximum absolute atomic E-state index is 5.47. The minimum absolute atomic E-state index is 0.565. The van der Waals surface area contributed by atoms with E-state index in [0.717, 1.165) is 29.3 Å². The first kappa shape index (κ1) is 18.1. The molecule has 0 bridgehead atoms. The summed E-state index contributed by atoms with van der Waals surface area (Å²) in [5.74, 6) is 0. The van der Waals surface area contributed by atoms with Crippen LogP contribution in [0.15, 0.2) is 48.5 Å². The van der Waals surface area contributed by atoms with Crippen molar-refractivity contribution >= 4 is 28.7 Å². The Labute approximate surface area is 160 Å². The van der Waals surface area contributed by atoms with Crippen molar-refractivity contribution in [2.24, 2.45) is 0 Å². The molecule has 0 aliphatic carbocycles. The molecule has 0 unspecified atom stereocenters. The second kappa shape index (κ2) is 7.70. The predicted octanol–water partition coefficient (Wildman–Crippen LogP) is 4.97. The Morgan fingerprint density at radius 2 is 1.69 bits per heavy atom. The van der Waals surface area contributed by atoms with Crippen molar-refractivity contribution in [1.82, 2.24) is 9.78 Å². The van der Waals surface area contributed by atoms with Crippen molar-refractivity contribution in [3.05, 3.63) is 76.6 Å². The van der Waals surface area contributed by atoms with Crippen molar-refractivity contribution < 1.29 is 0 Å². The van der Waals surface area contributed by atoms with Crippen LogP contribution in [0.5, 0.6) is 0 Å². The first-order valence-corrected chi connectivity index (χ1v) is 9.07. The lowest BCUT2D eigenvalue weighted by molar-refractivity contribution is 0.659. The summed E-state index contributed by atoms with van der Waals surface area (Å²) < 4.78 is 2.01. The quantitative estimate of drug-likeness (QED) is 0.641. The number of rotatable bonds is 4. The van der Waals surface area contributed by atoms with Gasteiger partial charge in [-0.25, -0.2) is 0 Å². The number of aryl methyl sites for hydroxylation is 3. The molecule has 26 heavy (non-hydrogen) atoms. The minimum atomic E-state index is 0.565. The fourth-order valence-corrected chi connectivity index (χ4v) is 3.15. The fraction of sp³-hybridized carbons (Fsp3) is 0.238. The first-order valence-electron chi connectivity index (χ1n) is 8.66. The topological polar surface area (TPSA) is 41.9 Å². The van der Waals surface area contributed by atoms with Gasteiger partial charge in [-0.3, -0.25) is 4.68 Å². The third-order valence-electron chi connectivity index (χ3n) is 4.34. The van der Waals surface area contributed by atoms with Crippen LogP contribution in [0.1, 0.15) is 28.1 Å². The number of nitrogens with zero attached hydrogens (tertiary/aromatic N) is 2. The Morgan fingerprint density at radius 1 is 0.962 bits per heavy atom. The number of hydrogen-bond donors (Lipinski definition) is 2. The zero-order valence-corrected chi connectivity index (χ0v) is 16.4. The maximum Gasteiger partial charge on any atom is 0.175 e. The molecule has 0 spiro atoms. The molecule has 5 heteroatoms. The van der Waals surface area contributed by atoms with Crippen LogP contribution in [-0.2, 0) is 6.54 Å². The molecule has 4 nitrogen and oxygen atoms in total. The first-order chi connectivity index (χ1) is 12.4. The molecule has 0 aliphatic heterocycles. The summed E-state index contributed by atoms with van der Waals surface area (Å²) in [4.78, 5) is 0. The van der Waals surface area contributed by atoms with Crippen LogP contribution < -0.4 is 10.6 Å². The van der Waals surface area contributed by atoms with Crippen LogP contribution in [0.3, 0.4) is 0 Å². The summed E-state index contributed by atoms with van der Waals surface area (Å²) in [5, 5.41) is 11.8. The lowest BCUT2D eigenvalue weighted by Gasteiger charge is -2.11. The van der Waals surface area contributed by atoms with Gasteiger partial charge in [-0.1, -0.05) is 47.5 Å². The Hall–Kier alpha value is -2.66. The number of anilines is 2. The average Bonchev–Trinajstić information content (AvgIpc) is 2.84. The summed E-state index contributed by atoms with van der Waals surface area (Å²) in [6.45, 7) is 8.97. The Bertz CT molecular complexity index is 926. The second-order valence-electron chi connectivity index (χ2n) is 6.64. The van der Waals surface area contributed by atoms with Crippen LogP contribution in [-0.4, -0.2) is 14.9 Å². The van der Waals surface area contributed by atoms with Gasteiger partial charge in [0.15, 0.2) is 5.11 Å². The molecule has 3 rings (SSSR count). The van der Waals surface area contributed by atoms with E-state index in [1.54, 1.807) is 0 Å². The standard InChI is InChI=1S/C21H24N4S/c1-14-8-10-19(11-9-14)22-21(26)23-20-16(3)24-25(17(20)4)13-18-7-5-6-15(2)12-18/h5-12H,13H2,1-4H3,(H2,22,23,26). The lowest BCUT2D eigenvalue weighted by Crippen LogP contribution is -2.20. The van der Waals surface area contributed by atoms with E-state index in [-0.39, 0.29) is 0 Å². The molecule has 134 valence electrons. The molecule has 0 saturated heterocycles. The Kier molecular flexibility index (Phi) is 5.38. The smallest absolute Gasteiger partial charge is 0.175 e. The number of aromatic nitrogens is 2. The largest absolute Gasteiger partial charge is 0.332 e. The highest BCUT2D eigenvalue weighted by molar-refractivity contribution is 7.80. The maximum atomic E-state index is 5.47. The zero-order valence-electron chi connectivity index (χ0n) is 15.6. The third-order valence-corrected chi connectivity index (χ3v) is 4.55. The van der Waals surface area contributed by atoms with E-state index in [1.165, 1.54) is 16.7 Å². The van der Waals surface area contributed by atoms with Gasteiger partial charge >= 0.3 is 0 Å². The van der Waals surface area contributed by atoms with Crippen LogP contribution in [0.25, 0.3) is 0 Å². The van der Waals surface area contributed by atoms with Crippen LogP contribution >= 0.6 is 12.2 Å². The predicted molar refractivity (Wildman–Crippen MR) is 113 cm³/mol. The molecular formula is C21H24N4S. The minimum Gasteiger partial charge on any atom is -0.332 e. The lowest BCUT2D eigenvalue weighted by atomic mass is 10.1. The summed E-state index contributed by atoms with van der Waals surface area (Å²) in [6, 6.07) is 16.6. The fourth-order valence-electron chi connectivity index (χ4n) is 2.93. The highest BCUT2D eigenvalue weighted by atomic mass is 32.1. The molecule has 3 aromatic rings. The van der Waals surface area contributed by atoms with Gasteiger partial charge in [-0.15, -0.1) is 0 Å². The van der Waals surface area contributed by atoms with Gasteiger partial charge in [0.2, 0.25) is 0 Å². The van der Waals surface area contributed by atoms with E-state index in [9.17, 15) is 0 Å². The molecule has 2 aromatic carbocycles. The van der Waals surface area contributed by atoms with Crippen molar-refractivity contribution in [2.45, 2.75) is 34.2 Å². The molecule has 2 N–H and O–H groups in total. The second-order valence-corrected chi connectivity index (χ2v) is 7.05. The van der Waals surface area contributed by atoms with E-state index in [1.807, 2.05) is 23.7 Å². The van der Waals surface area contributed by atoms with Crippen molar-refractivity contribution in [2.75, 3.05) is 10.6 Å². The highest BCUT2D eigenvalue weighted by Gasteiger charge is 2.13. The van der Waals surface area contributed by atoms with Crippen LogP contribution in [0.2, 0.25) is 0 Å². The average molecular weight is 365 g/mol. The van der Waals surface area contributed by atoms with Crippen molar-refractivity contribution in [3.63, 3.8) is 0 Å². The monoisotopic (exact) mass is 364 g/mol. The molecule has 0 atom stereocenters. The van der Waals surface area contributed by atoms with E-state index < -0.39 is 0 Å². The van der Waals surface area contributed by atoms with E-state index in [2.05, 4.69) is 72.9 Å². The van der Waals surface area contributed by atoms with Gasteiger partial charge in [-0.2, -0.15) is 5.10 Å². The van der Waals surface area contributed by atoms with E-state index in [0.29, 0.717) is 5.11 Å². The van der Waals surface area contributed by atoms with E-state index >= 15 is 0 Å². The summed E-state index contributed by atoms with van der Waals surface area (Å²) >= 11 is 5.47. The van der Waals surface area contributed by atoms with Gasteiger partial charge in [-0.05, 0) is 57.6 Å². The molecule has 0 saturated carbocycles. The SMILES string of the molecule is Cc1ccc(NC(=S)Nc2c(C)nn(Cc3cccc(C)c3)c2C)cc1. The van der Waals surface area contributed by atoms with Gasteiger partial charge in [0, 0.05) is 5.69 Å². The molecule has 1 aromatic heterocycles. The van der Waals surface area contributed by atoms with E-state index in [4.69, 9.17) is 12.2 Å². The van der Waals surface area contributed by atoms with Crippen LogP contribution in [0.4, 0.5) is 11.4 Å². The molecule has 0 amide bonds. The zero-order chi connectivity index (χ0) is 18.7. The van der Waals surface area contributed by atoms with Gasteiger partial charge in [0.05, 0.1) is 23.6 Å². The summed E-state index contributed by atoms with van der Waals surface area (Å²) in [5.41, 5.74) is 7.64. The van der Waals surface area contributed by atoms with Gasteiger partial charge in [0.1, 0.15) is 0 Å². The van der Waals surface area contributed by atoms with Gasteiger partial charge in [0.25, 0.3) is 0 Å². The number of nitrogens with one attached hydrogen (secondary N) is 2. The van der Waals surface area contributed by atoms with Gasteiger partial charge < -0.3 is 10.6 Å². The van der Waals surface area contributed by atoms with Crippen molar-refractivity contribution in [1.29, 1.82) is 0 Å². The molecule has 1 heterocycles. The Morgan fingerprint density at radius 3 is 2.38 bits per heavy atom. The summed E-state index contributed by atoms with van der Waals surface area (Å²) in [7, 11) is 0. The molecule has 0 aliphatic rings. The van der Waals surface area contributed by atoms with Crippen LogP contribution in [0, 0.1) is 27.7 Å². The van der Waals surface area contributed by atoms with Crippen molar-refractivity contribution in [3.8, 4) is 0 Å². The molecular weight excluding hydrogens is 340 g/mol. The number of benzene rings is 2. The third kappa shape index (κ3) is 4.29. The number of hydrogen-bond acceptors (Lipinski definition) is 2. The Balaban J connectivity index is 1.73. The normalized spacial score (nSPS) is 10.6.